The minimum Gasteiger partial charge on any atom is -0.388 e. The Hall–Kier alpha value is -1.06. The molecule has 1 aliphatic heterocycles. The zero-order valence-electron chi connectivity index (χ0n) is 4.09. The van der Waals surface area contributed by atoms with Crippen LogP contribution in [0.4, 0.5) is 4.70 Å². The predicted octanol–water partition coefficient (Wildman–Crippen LogP) is 0.104. The van der Waals surface area contributed by atoms with Gasteiger partial charge in [0.2, 0.25) is 0 Å². The average Bonchev–Trinajstić information content (AvgIpc) is 1.69. The zero-order valence-corrected chi connectivity index (χ0v) is 4.09. The average molecular weight is 119 g/mol. The topological polar surface area (TPSA) is 38.3 Å². The lowest BCUT2D eigenvalue weighted by Gasteiger charge is -2.03. The highest BCUT2D eigenvalue weighted by atomic mass is 19.0. The van der Waals surface area contributed by atoms with Crippen molar-refractivity contribution in [2.45, 2.75) is 6.42 Å². The maximum Gasteiger partial charge on any atom is 0.256 e. The molecule has 0 spiro atoms. The minimum atomic E-state index is -0.0949. The first kappa shape index (κ1) is 6.94. The highest BCUT2D eigenvalue weighted by molar-refractivity contribution is 5.76. The van der Waals surface area contributed by atoms with Crippen LogP contribution in [0.1, 0.15) is 6.42 Å². The molecule has 1 rings (SSSR count). The van der Waals surface area contributed by atoms with E-state index in [0.29, 0.717) is 6.42 Å². The van der Waals surface area contributed by atoms with Crippen molar-refractivity contribution in [3.05, 3.63) is 12.3 Å². The fourth-order valence-corrected chi connectivity index (χ4v) is 0.345. The Morgan fingerprint density at radius 3 is 2.75 bits per heavy atom. The summed E-state index contributed by atoms with van der Waals surface area (Å²) in [5, 5.41) is 0. The fourth-order valence-electron chi connectivity index (χ4n) is 0.345. The van der Waals surface area contributed by atoms with Gasteiger partial charge >= 0.3 is 0 Å². The monoisotopic (exact) mass is 119 g/mol. The van der Waals surface area contributed by atoms with Crippen LogP contribution in [-0.4, -0.2) is 5.91 Å². The molecule has 0 unspecified atom stereocenters. The number of halogens is 1. The molecule has 1 amide bonds. The van der Waals surface area contributed by atoms with Crippen molar-refractivity contribution in [1.29, 1.82) is 0 Å². The molecular weight excluding hydrogens is 113 g/mol. The van der Waals surface area contributed by atoms with Gasteiger partial charge in [-0.1, -0.05) is 0 Å². The van der Waals surface area contributed by atoms with Gasteiger partial charge in [-0.3, -0.25) is 9.50 Å². The molecule has 1 N–H and O–H groups in total. The van der Waals surface area contributed by atoms with Gasteiger partial charge in [0.1, 0.15) is 6.26 Å². The van der Waals surface area contributed by atoms with Crippen LogP contribution in [0.15, 0.2) is 12.3 Å². The van der Waals surface area contributed by atoms with Gasteiger partial charge < -0.3 is 4.84 Å². The van der Waals surface area contributed by atoms with Crippen molar-refractivity contribution in [3.63, 3.8) is 0 Å². The van der Waals surface area contributed by atoms with E-state index in [4.69, 9.17) is 0 Å². The Bertz CT molecular complexity index is 113. The molecule has 0 bridgehead atoms. The van der Waals surface area contributed by atoms with Gasteiger partial charge in [0.05, 0.1) is 6.42 Å². The normalized spacial score (nSPS) is 15.8. The van der Waals surface area contributed by atoms with Crippen LogP contribution >= 0.6 is 0 Å². The summed E-state index contributed by atoms with van der Waals surface area (Å²) in [7, 11) is 0. The Morgan fingerprint density at radius 2 is 2.50 bits per heavy atom. The van der Waals surface area contributed by atoms with Crippen molar-refractivity contribution >= 4 is 5.91 Å². The second-order valence-electron chi connectivity index (χ2n) is 1.22. The summed E-state index contributed by atoms with van der Waals surface area (Å²) >= 11 is 0. The third-order valence-corrected chi connectivity index (χ3v) is 0.640. The molecule has 4 heteroatoms. The first-order valence-electron chi connectivity index (χ1n) is 1.99. The van der Waals surface area contributed by atoms with Crippen LogP contribution in [-0.2, 0) is 9.63 Å². The van der Waals surface area contributed by atoms with Crippen molar-refractivity contribution < 1.29 is 14.3 Å². The summed E-state index contributed by atoms with van der Waals surface area (Å²) in [5.41, 5.74) is 2.16. The van der Waals surface area contributed by atoms with E-state index in [0.717, 1.165) is 0 Å². The van der Waals surface area contributed by atoms with Crippen molar-refractivity contribution in [3.8, 4) is 0 Å². The smallest absolute Gasteiger partial charge is 0.256 e. The van der Waals surface area contributed by atoms with Gasteiger partial charge in [-0.05, 0) is 6.08 Å². The molecule has 0 aliphatic carbocycles. The molecule has 8 heavy (non-hydrogen) atoms. The van der Waals surface area contributed by atoms with Gasteiger partial charge in [0.15, 0.2) is 0 Å². The zero-order chi connectivity index (χ0) is 5.11. The van der Waals surface area contributed by atoms with E-state index in [-0.39, 0.29) is 10.6 Å². The lowest BCUT2D eigenvalue weighted by molar-refractivity contribution is -0.130. The SMILES string of the molecule is F.O=C1CC=CON1. The van der Waals surface area contributed by atoms with Crippen molar-refractivity contribution in [2.24, 2.45) is 0 Å². The lowest BCUT2D eigenvalue weighted by Crippen LogP contribution is -2.22. The maximum absolute atomic E-state index is 10.2. The van der Waals surface area contributed by atoms with Crippen LogP contribution in [0.3, 0.4) is 0 Å². The molecule has 1 heterocycles. The number of nitrogens with one attached hydrogen (secondary N) is 1. The molecule has 0 saturated heterocycles. The molecule has 0 aromatic heterocycles. The first-order valence-corrected chi connectivity index (χ1v) is 1.99. The number of amides is 1. The molecule has 0 radical (unpaired) electrons. The largest absolute Gasteiger partial charge is 0.388 e. The molecule has 3 nitrogen and oxygen atoms in total. The molecule has 0 saturated carbocycles. The van der Waals surface area contributed by atoms with E-state index in [1.807, 2.05) is 0 Å². The summed E-state index contributed by atoms with van der Waals surface area (Å²) < 4.78 is 0. The van der Waals surface area contributed by atoms with Gasteiger partial charge in [-0.2, -0.15) is 5.48 Å². The molecule has 0 fully saturated rings. The third kappa shape index (κ3) is 1.59. The van der Waals surface area contributed by atoms with Gasteiger partial charge in [-0.15, -0.1) is 0 Å². The lowest BCUT2D eigenvalue weighted by atomic mass is 10.4. The minimum absolute atomic E-state index is 0. The summed E-state index contributed by atoms with van der Waals surface area (Å²) in [6.45, 7) is 0. The molecule has 1 aliphatic rings. The maximum atomic E-state index is 10.2. The Morgan fingerprint density at radius 1 is 1.75 bits per heavy atom. The van der Waals surface area contributed by atoms with E-state index in [1.165, 1.54) is 6.26 Å². The number of carbonyl (C=O) groups excluding carboxylic acids is 1. The number of rotatable bonds is 0. The molecule has 0 aromatic carbocycles. The van der Waals surface area contributed by atoms with Crippen LogP contribution < -0.4 is 5.48 Å². The Balaban J connectivity index is 0.000000490. The summed E-state index contributed by atoms with van der Waals surface area (Å²) in [6.07, 6.45) is 3.53. The number of hydrogen-bond donors (Lipinski definition) is 1. The summed E-state index contributed by atoms with van der Waals surface area (Å²) in [6, 6.07) is 0. The van der Waals surface area contributed by atoms with E-state index in [2.05, 4.69) is 10.3 Å². The van der Waals surface area contributed by atoms with E-state index < -0.39 is 0 Å². The molecule has 0 atom stereocenters. The second kappa shape index (κ2) is 3.01. The highest BCUT2D eigenvalue weighted by Gasteiger charge is 1.98. The Labute approximate surface area is 45.6 Å². The standard InChI is InChI=1S/C4H5NO2.FH/c6-4-2-1-3-7-5-4;/h1,3H,2H2,(H,5,6);1H. The van der Waals surface area contributed by atoms with E-state index in [9.17, 15) is 4.79 Å². The number of hydroxylamine groups is 1. The van der Waals surface area contributed by atoms with E-state index in [1.54, 1.807) is 6.08 Å². The fraction of sp³-hybridized carbons (Fsp3) is 0.250. The van der Waals surface area contributed by atoms with Crippen LogP contribution in [0.2, 0.25) is 0 Å². The van der Waals surface area contributed by atoms with Crippen LogP contribution in [0.5, 0.6) is 0 Å². The predicted molar refractivity (Wildman–Crippen MR) is 25.5 cm³/mol. The number of hydrogen-bond acceptors (Lipinski definition) is 2. The Kier molecular flexibility index (Phi) is 2.61. The van der Waals surface area contributed by atoms with E-state index >= 15 is 0 Å². The summed E-state index contributed by atoms with van der Waals surface area (Å²) in [4.78, 5) is 14.6. The van der Waals surface area contributed by atoms with Crippen molar-refractivity contribution in [1.82, 2.24) is 5.48 Å². The van der Waals surface area contributed by atoms with Gasteiger partial charge in [0.25, 0.3) is 5.91 Å². The van der Waals surface area contributed by atoms with Crippen LogP contribution in [0.25, 0.3) is 0 Å². The third-order valence-electron chi connectivity index (χ3n) is 0.640. The molecule has 0 aromatic rings. The summed E-state index contributed by atoms with van der Waals surface area (Å²) in [5.74, 6) is -0.0949. The highest BCUT2D eigenvalue weighted by Crippen LogP contribution is 1.88. The van der Waals surface area contributed by atoms with Crippen LogP contribution in [0, 0.1) is 0 Å². The number of carbonyl (C=O) groups is 1. The van der Waals surface area contributed by atoms with Crippen molar-refractivity contribution in [2.75, 3.05) is 0 Å². The molecule has 46 valence electrons. The van der Waals surface area contributed by atoms with Gasteiger partial charge in [-0.25, -0.2) is 0 Å². The second-order valence-corrected chi connectivity index (χ2v) is 1.22. The molecular formula is C4H6FNO2. The first-order chi connectivity index (χ1) is 3.39. The quantitative estimate of drug-likeness (QED) is 0.491. The van der Waals surface area contributed by atoms with Gasteiger partial charge in [0, 0.05) is 0 Å².